The van der Waals surface area contributed by atoms with E-state index in [4.69, 9.17) is 20.5 Å². The minimum absolute atomic E-state index is 0.482. The molecule has 2 aliphatic carbocycles. The third-order valence-corrected chi connectivity index (χ3v) is 5.77. The third-order valence-electron chi connectivity index (χ3n) is 5.77. The Bertz CT molecular complexity index is 629. The summed E-state index contributed by atoms with van der Waals surface area (Å²) in [6, 6.07) is 8.20. The SMILES string of the molecule is COc1ccc(C2(C3CC4CCC3C4)N=C(C)C(N)=N2)cc1. The van der Waals surface area contributed by atoms with E-state index in [0.29, 0.717) is 11.8 Å². The van der Waals surface area contributed by atoms with Crippen LogP contribution in [0.2, 0.25) is 0 Å². The number of hydrogen-bond donors (Lipinski definition) is 1. The van der Waals surface area contributed by atoms with Crippen LogP contribution in [0.15, 0.2) is 34.3 Å². The van der Waals surface area contributed by atoms with E-state index in [1.54, 1.807) is 7.11 Å². The summed E-state index contributed by atoms with van der Waals surface area (Å²) in [6.07, 6.45) is 5.26. The molecule has 4 nitrogen and oxygen atoms in total. The number of amidine groups is 1. The maximum absolute atomic E-state index is 6.11. The van der Waals surface area contributed by atoms with Crippen molar-refractivity contribution in [1.82, 2.24) is 0 Å². The molecule has 2 fully saturated rings. The summed E-state index contributed by atoms with van der Waals surface area (Å²) in [6.45, 7) is 1.97. The van der Waals surface area contributed by atoms with Gasteiger partial charge in [0.25, 0.3) is 0 Å². The average molecular weight is 297 g/mol. The Labute approximate surface area is 131 Å². The van der Waals surface area contributed by atoms with Crippen LogP contribution in [0.4, 0.5) is 0 Å². The molecule has 4 heteroatoms. The van der Waals surface area contributed by atoms with E-state index in [1.807, 2.05) is 19.1 Å². The van der Waals surface area contributed by atoms with E-state index in [0.717, 1.165) is 28.9 Å². The first-order chi connectivity index (χ1) is 10.6. The topological polar surface area (TPSA) is 60.0 Å². The van der Waals surface area contributed by atoms with Gasteiger partial charge in [0.1, 0.15) is 11.6 Å². The molecule has 4 rings (SSSR count). The lowest BCUT2D eigenvalue weighted by Gasteiger charge is -2.35. The first-order valence-electron chi connectivity index (χ1n) is 8.19. The summed E-state index contributed by atoms with van der Waals surface area (Å²) >= 11 is 0. The minimum atomic E-state index is -0.500. The predicted octanol–water partition coefficient (Wildman–Crippen LogP) is 3.12. The molecule has 4 unspecified atom stereocenters. The van der Waals surface area contributed by atoms with Crippen molar-refractivity contribution in [1.29, 1.82) is 0 Å². The first-order valence-corrected chi connectivity index (χ1v) is 8.19. The van der Waals surface area contributed by atoms with Crippen molar-refractivity contribution < 1.29 is 4.74 Å². The Hall–Kier alpha value is -1.84. The summed E-state index contributed by atoms with van der Waals surface area (Å²) in [4.78, 5) is 9.85. The molecule has 3 aliphatic rings. The highest BCUT2D eigenvalue weighted by Crippen LogP contribution is 2.57. The van der Waals surface area contributed by atoms with Gasteiger partial charge in [0.05, 0.1) is 12.8 Å². The molecular weight excluding hydrogens is 274 g/mol. The highest BCUT2D eigenvalue weighted by molar-refractivity contribution is 6.41. The van der Waals surface area contributed by atoms with Crippen molar-refractivity contribution in [3.63, 3.8) is 0 Å². The molecule has 0 radical (unpaired) electrons. The molecular formula is C18H23N3O. The second kappa shape index (κ2) is 4.83. The molecule has 22 heavy (non-hydrogen) atoms. The molecule has 2 saturated carbocycles. The van der Waals surface area contributed by atoms with Gasteiger partial charge in [-0.15, -0.1) is 0 Å². The van der Waals surface area contributed by atoms with Crippen molar-refractivity contribution in [2.75, 3.05) is 7.11 Å². The molecule has 4 atom stereocenters. The molecule has 116 valence electrons. The molecule has 1 aromatic carbocycles. The minimum Gasteiger partial charge on any atom is -0.497 e. The van der Waals surface area contributed by atoms with Crippen LogP contribution in [-0.2, 0) is 5.66 Å². The van der Waals surface area contributed by atoms with Gasteiger partial charge < -0.3 is 10.5 Å². The molecule has 1 heterocycles. The van der Waals surface area contributed by atoms with Crippen LogP contribution in [0.3, 0.4) is 0 Å². The van der Waals surface area contributed by atoms with Crippen molar-refractivity contribution in [3.05, 3.63) is 29.8 Å². The van der Waals surface area contributed by atoms with Crippen molar-refractivity contribution in [2.24, 2.45) is 33.5 Å². The van der Waals surface area contributed by atoms with E-state index < -0.39 is 5.66 Å². The predicted molar refractivity (Wildman–Crippen MR) is 88.3 cm³/mol. The number of benzene rings is 1. The number of methoxy groups -OCH3 is 1. The summed E-state index contributed by atoms with van der Waals surface area (Å²) in [5, 5.41) is 0. The molecule has 2 bridgehead atoms. The van der Waals surface area contributed by atoms with Gasteiger partial charge in [-0.2, -0.15) is 0 Å². The van der Waals surface area contributed by atoms with Crippen LogP contribution in [0.25, 0.3) is 0 Å². The number of aliphatic imine (C=N–C) groups is 2. The maximum Gasteiger partial charge on any atom is 0.181 e. The fourth-order valence-electron chi connectivity index (χ4n) is 4.69. The van der Waals surface area contributed by atoms with Gasteiger partial charge in [0.15, 0.2) is 5.66 Å². The van der Waals surface area contributed by atoms with Crippen LogP contribution < -0.4 is 10.5 Å². The lowest BCUT2D eigenvalue weighted by Crippen LogP contribution is -2.34. The lowest BCUT2D eigenvalue weighted by molar-refractivity contribution is 0.200. The second-order valence-corrected chi connectivity index (χ2v) is 6.93. The summed E-state index contributed by atoms with van der Waals surface area (Å²) in [7, 11) is 1.69. The molecule has 1 aromatic rings. The number of hydrogen-bond acceptors (Lipinski definition) is 4. The maximum atomic E-state index is 6.11. The zero-order valence-electron chi connectivity index (χ0n) is 13.2. The van der Waals surface area contributed by atoms with Crippen molar-refractivity contribution >= 4 is 11.5 Å². The zero-order valence-corrected chi connectivity index (χ0v) is 13.2. The molecule has 0 spiro atoms. The fourth-order valence-corrected chi connectivity index (χ4v) is 4.69. The van der Waals surface area contributed by atoms with Gasteiger partial charge in [-0.05, 0) is 50.2 Å². The molecule has 0 aromatic heterocycles. The zero-order chi connectivity index (χ0) is 15.3. The number of ether oxygens (including phenoxy) is 1. The van der Waals surface area contributed by atoms with Crippen LogP contribution in [0.1, 0.15) is 38.2 Å². The smallest absolute Gasteiger partial charge is 0.181 e. The van der Waals surface area contributed by atoms with E-state index in [1.165, 1.54) is 25.7 Å². The number of nitrogens with zero attached hydrogens (tertiary/aromatic N) is 2. The van der Waals surface area contributed by atoms with E-state index in [9.17, 15) is 0 Å². The normalized spacial score (nSPS) is 36.4. The van der Waals surface area contributed by atoms with E-state index in [2.05, 4.69) is 12.1 Å². The molecule has 0 saturated heterocycles. The molecule has 2 N–H and O–H groups in total. The Morgan fingerprint density at radius 2 is 1.91 bits per heavy atom. The number of fused-ring (bicyclic) bond motifs is 2. The van der Waals surface area contributed by atoms with Gasteiger partial charge in [0.2, 0.25) is 0 Å². The van der Waals surface area contributed by atoms with Gasteiger partial charge >= 0.3 is 0 Å². The molecule has 1 aliphatic heterocycles. The summed E-state index contributed by atoms with van der Waals surface area (Å²) < 4.78 is 5.29. The van der Waals surface area contributed by atoms with Gasteiger partial charge in [0, 0.05) is 11.5 Å². The van der Waals surface area contributed by atoms with Crippen molar-refractivity contribution in [2.45, 2.75) is 38.3 Å². The van der Waals surface area contributed by atoms with Gasteiger partial charge in [-0.25, -0.2) is 4.99 Å². The Morgan fingerprint density at radius 1 is 1.14 bits per heavy atom. The monoisotopic (exact) mass is 297 g/mol. The Kier molecular flexibility index (Phi) is 3.03. The van der Waals surface area contributed by atoms with Crippen molar-refractivity contribution in [3.8, 4) is 5.75 Å². The first kappa shape index (κ1) is 13.8. The van der Waals surface area contributed by atoms with Crippen LogP contribution >= 0.6 is 0 Å². The van der Waals surface area contributed by atoms with Crippen LogP contribution in [-0.4, -0.2) is 18.7 Å². The lowest BCUT2D eigenvalue weighted by atomic mass is 9.76. The van der Waals surface area contributed by atoms with E-state index in [-0.39, 0.29) is 0 Å². The summed E-state index contributed by atoms with van der Waals surface area (Å²) in [5.74, 6) is 3.53. The number of nitrogens with two attached hydrogens (primary N) is 1. The highest BCUT2D eigenvalue weighted by atomic mass is 16.5. The number of rotatable bonds is 3. The second-order valence-electron chi connectivity index (χ2n) is 6.93. The van der Waals surface area contributed by atoms with Gasteiger partial charge in [-0.3, -0.25) is 4.99 Å². The van der Waals surface area contributed by atoms with Crippen LogP contribution in [0.5, 0.6) is 5.75 Å². The Balaban J connectivity index is 1.79. The third kappa shape index (κ3) is 1.89. The highest BCUT2D eigenvalue weighted by Gasteiger charge is 2.53. The molecule has 0 amide bonds. The van der Waals surface area contributed by atoms with Gasteiger partial charge in [-0.1, -0.05) is 18.6 Å². The van der Waals surface area contributed by atoms with E-state index >= 15 is 0 Å². The summed E-state index contributed by atoms with van der Waals surface area (Å²) in [5.41, 5.74) is 7.63. The van der Waals surface area contributed by atoms with Crippen LogP contribution in [0, 0.1) is 17.8 Å². The quantitative estimate of drug-likeness (QED) is 0.932. The average Bonchev–Trinajstić information content (AvgIpc) is 3.23. The Morgan fingerprint density at radius 3 is 2.41 bits per heavy atom. The largest absolute Gasteiger partial charge is 0.497 e. The fraction of sp³-hybridized carbons (Fsp3) is 0.556. The standard InChI is InChI=1S/C18H23N3O/c1-11-17(19)21-18(20-11,14-5-7-15(22-2)8-6-14)16-10-12-3-4-13(16)9-12/h5-8,12-13,16H,3-4,9-10H2,1-2H3,(H2,19,21).